The molecular formula is C17H17N3O3S. The second kappa shape index (κ2) is 6.45. The Kier molecular flexibility index (Phi) is 4.35. The van der Waals surface area contributed by atoms with Gasteiger partial charge < -0.3 is 4.90 Å². The molecule has 1 amide bonds. The smallest absolute Gasteiger partial charge is 0.311 e. The first-order valence-corrected chi connectivity index (χ1v) is 8.41. The topological polar surface area (TPSA) is 75.2 Å². The van der Waals surface area contributed by atoms with Crippen molar-refractivity contribution >= 4 is 33.1 Å². The Morgan fingerprint density at radius 2 is 1.96 bits per heavy atom. The molecule has 0 bridgehead atoms. The molecule has 2 heterocycles. The minimum Gasteiger partial charge on any atom is -0.311 e. The van der Waals surface area contributed by atoms with Crippen LogP contribution in [-0.2, 0) is 11.3 Å². The third-order valence-corrected chi connectivity index (χ3v) is 4.74. The maximum absolute atomic E-state index is 12.6. The zero-order valence-electron chi connectivity index (χ0n) is 13.4. The van der Waals surface area contributed by atoms with Crippen LogP contribution >= 0.6 is 11.3 Å². The van der Waals surface area contributed by atoms with Crippen molar-refractivity contribution in [3.63, 3.8) is 0 Å². The molecule has 0 spiro atoms. The molecule has 0 aliphatic rings. The van der Waals surface area contributed by atoms with E-state index in [0.717, 1.165) is 15.1 Å². The van der Waals surface area contributed by atoms with E-state index in [0.29, 0.717) is 16.8 Å². The number of hydrogen-bond acceptors (Lipinski definition) is 4. The van der Waals surface area contributed by atoms with Gasteiger partial charge >= 0.3 is 5.69 Å². The third kappa shape index (κ3) is 2.90. The fourth-order valence-corrected chi connectivity index (χ4v) is 3.54. The van der Waals surface area contributed by atoms with E-state index in [1.165, 1.54) is 11.3 Å². The van der Waals surface area contributed by atoms with Gasteiger partial charge in [0.25, 0.3) is 5.56 Å². The molecule has 0 fully saturated rings. The summed E-state index contributed by atoms with van der Waals surface area (Å²) in [5.41, 5.74) is -0.260. The summed E-state index contributed by atoms with van der Waals surface area (Å²) < 4.78 is 0.961. The maximum Gasteiger partial charge on any atom is 0.329 e. The molecule has 24 heavy (non-hydrogen) atoms. The average Bonchev–Trinajstić information content (AvgIpc) is 2.93. The summed E-state index contributed by atoms with van der Waals surface area (Å²) >= 11 is 1.35. The van der Waals surface area contributed by atoms with Gasteiger partial charge in [0, 0.05) is 17.1 Å². The Morgan fingerprint density at radius 3 is 2.62 bits per heavy atom. The third-order valence-electron chi connectivity index (χ3n) is 3.77. The van der Waals surface area contributed by atoms with Crippen LogP contribution in [0.3, 0.4) is 0 Å². The van der Waals surface area contributed by atoms with E-state index in [1.807, 2.05) is 44.2 Å². The summed E-state index contributed by atoms with van der Waals surface area (Å²) in [7, 11) is 0. The van der Waals surface area contributed by atoms with Crippen molar-refractivity contribution in [2.75, 3.05) is 11.4 Å². The minimum atomic E-state index is -0.563. The van der Waals surface area contributed by atoms with E-state index < -0.39 is 11.2 Å². The van der Waals surface area contributed by atoms with E-state index >= 15 is 0 Å². The fraction of sp³-hybridized carbons (Fsp3) is 0.235. The molecule has 7 heteroatoms. The number of thiophene rings is 1. The molecule has 3 aromatic rings. The highest BCUT2D eigenvalue weighted by molar-refractivity contribution is 7.18. The van der Waals surface area contributed by atoms with Gasteiger partial charge in [0.1, 0.15) is 11.4 Å². The SMILES string of the molecule is CCN(C(=O)Cn1c(=O)[nH]c2sc(C)cc2c1=O)c1ccccc1. The zero-order chi connectivity index (χ0) is 17.3. The van der Waals surface area contributed by atoms with Crippen LogP contribution in [0.5, 0.6) is 0 Å². The standard InChI is InChI=1S/C17H17N3O3S/c1-3-19(12-7-5-4-6-8-12)14(21)10-20-16(22)13-9-11(2)24-15(13)18-17(20)23/h4-9H,3,10H2,1-2H3,(H,18,23). The molecule has 0 atom stereocenters. The first kappa shape index (κ1) is 16.2. The molecule has 1 aromatic carbocycles. The van der Waals surface area contributed by atoms with Crippen molar-refractivity contribution in [1.82, 2.24) is 9.55 Å². The number of carbonyl (C=O) groups excluding carboxylic acids is 1. The second-order valence-corrected chi connectivity index (χ2v) is 6.65. The molecule has 3 rings (SSSR count). The van der Waals surface area contributed by atoms with Crippen molar-refractivity contribution in [3.8, 4) is 0 Å². The van der Waals surface area contributed by atoms with Crippen LogP contribution in [0.25, 0.3) is 10.2 Å². The fourth-order valence-electron chi connectivity index (χ4n) is 2.64. The number of nitrogens with one attached hydrogen (secondary N) is 1. The molecule has 0 saturated heterocycles. The number of aryl methyl sites for hydroxylation is 1. The number of benzene rings is 1. The first-order valence-electron chi connectivity index (χ1n) is 7.60. The van der Waals surface area contributed by atoms with Gasteiger partial charge in [-0.3, -0.25) is 19.1 Å². The Hall–Kier alpha value is -2.67. The van der Waals surface area contributed by atoms with Crippen molar-refractivity contribution in [2.45, 2.75) is 20.4 Å². The highest BCUT2D eigenvalue weighted by Gasteiger charge is 2.18. The van der Waals surface area contributed by atoms with Crippen LogP contribution < -0.4 is 16.1 Å². The molecule has 0 saturated carbocycles. The van der Waals surface area contributed by atoms with Gasteiger partial charge in [0.2, 0.25) is 5.91 Å². The molecule has 1 N–H and O–H groups in total. The van der Waals surface area contributed by atoms with Crippen LogP contribution in [0.1, 0.15) is 11.8 Å². The molecular weight excluding hydrogens is 326 g/mol. The number of likely N-dealkylation sites (N-methyl/N-ethyl adjacent to an activating group) is 1. The van der Waals surface area contributed by atoms with Crippen LogP contribution in [0.2, 0.25) is 0 Å². The number of rotatable bonds is 4. The van der Waals surface area contributed by atoms with Crippen LogP contribution in [0, 0.1) is 6.92 Å². The van der Waals surface area contributed by atoms with E-state index in [4.69, 9.17) is 0 Å². The van der Waals surface area contributed by atoms with Gasteiger partial charge in [-0.15, -0.1) is 11.3 Å². The summed E-state index contributed by atoms with van der Waals surface area (Å²) in [4.78, 5) is 43.0. The van der Waals surface area contributed by atoms with Crippen LogP contribution in [0.4, 0.5) is 5.69 Å². The number of aromatic nitrogens is 2. The Balaban J connectivity index is 1.98. The number of H-pyrrole nitrogens is 1. The number of carbonyl (C=O) groups is 1. The lowest BCUT2D eigenvalue weighted by atomic mass is 10.3. The highest BCUT2D eigenvalue weighted by Crippen LogP contribution is 2.18. The lowest BCUT2D eigenvalue weighted by Crippen LogP contribution is -2.42. The van der Waals surface area contributed by atoms with Gasteiger partial charge in [0.15, 0.2) is 0 Å². The van der Waals surface area contributed by atoms with Crippen molar-refractivity contribution in [1.29, 1.82) is 0 Å². The number of anilines is 1. The molecule has 6 nitrogen and oxygen atoms in total. The molecule has 0 aliphatic carbocycles. The van der Waals surface area contributed by atoms with Crippen LogP contribution in [0.15, 0.2) is 46.0 Å². The predicted octanol–water partition coefficient (Wildman–Crippen LogP) is 2.11. The molecule has 124 valence electrons. The van der Waals surface area contributed by atoms with Crippen molar-refractivity contribution in [3.05, 3.63) is 62.1 Å². The lowest BCUT2D eigenvalue weighted by Gasteiger charge is -2.21. The van der Waals surface area contributed by atoms with E-state index in [9.17, 15) is 14.4 Å². The van der Waals surface area contributed by atoms with E-state index in [-0.39, 0.29) is 12.5 Å². The Labute approximate surface area is 142 Å². The number of nitrogens with zero attached hydrogens (tertiary/aromatic N) is 2. The number of hydrogen-bond donors (Lipinski definition) is 1. The number of aromatic amines is 1. The average molecular weight is 343 g/mol. The van der Waals surface area contributed by atoms with Crippen LogP contribution in [-0.4, -0.2) is 22.0 Å². The minimum absolute atomic E-state index is 0.290. The van der Waals surface area contributed by atoms with E-state index in [1.54, 1.807) is 11.0 Å². The largest absolute Gasteiger partial charge is 0.329 e. The summed E-state index contributed by atoms with van der Waals surface area (Å²) in [5.74, 6) is -0.303. The van der Waals surface area contributed by atoms with Gasteiger partial charge in [0.05, 0.1) is 5.39 Å². The van der Waals surface area contributed by atoms with Gasteiger partial charge in [-0.05, 0) is 32.0 Å². The molecule has 0 aliphatic heterocycles. The summed E-state index contributed by atoms with van der Waals surface area (Å²) in [6, 6.07) is 10.9. The summed E-state index contributed by atoms with van der Waals surface area (Å²) in [6.07, 6.45) is 0. The van der Waals surface area contributed by atoms with Crippen molar-refractivity contribution in [2.24, 2.45) is 0 Å². The lowest BCUT2D eigenvalue weighted by molar-refractivity contribution is -0.119. The zero-order valence-corrected chi connectivity index (χ0v) is 14.2. The first-order chi connectivity index (χ1) is 11.5. The maximum atomic E-state index is 12.6. The highest BCUT2D eigenvalue weighted by atomic mass is 32.1. The van der Waals surface area contributed by atoms with Gasteiger partial charge in [-0.25, -0.2) is 4.79 Å². The molecule has 2 aromatic heterocycles. The number of amides is 1. The number of fused-ring (bicyclic) bond motifs is 1. The van der Waals surface area contributed by atoms with Gasteiger partial charge in [-0.2, -0.15) is 0 Å². The normalized spacial score (nSPS) is 10.9. The van der Waals surface area contributed by atoms with Crippen molar-refractivity contribution < 1.29 is 4.79 Å². The predicted molar refractivity (Wildman–Crippen MR) is 95.9 cm³/mol. The molecule has 0 radical (unpaired) electrons. The summed E-state index contributed by atoms with van der Waals surface area (Å²) in [5, 5.41) is 0.438. The van der Waals surface area contributed by atoms with Gasteiger partial charge in [-0.1, -0.05) is 18.2 Å². The summed E-state index contributed by atoms with van der Waals surface area (Å²) in [6.45, 7) is 3.88. The Bertz CT molecular complexity index is 1000. The Morgan fingerprint density at radius 1 is 1.25 bits per heavy atom. The number of para-hydroxylation sites is 1. The monoisotopic (exact) mass is 343 g/mol. The molecule has 0 unspecified atom stereocenters. The van der Waals surface area contributed by atoms with E-state index in [2.05, 4.69) is 4.98 Å². The second-order valence-electron chi connectivity index (χ2n) is 5.39. The quantitative estimate of drug-likeness (QED) is 0.788.